The molecule has 2 aliphatic rings. The Labute approximate surface area is 162 Å². The smallest absolute Gasteiger partial charge is 0.399 e. The highest BCUT2D eigenvalue weighted by Gasteiger charge is 2.52. The molecule has 2 aromatic rings. The third-order valence-electron chi connectivity index (χ3n) is 6.40. The van der Waals surface area contributed by atoms with E-state index in [-0.39, 0.29) is 24.5 Å². The second-order valence-electron chi connectivity index (χ2n) is 9.15. The number of hydrogen-bond donors (Lipinski definition) is 0. The van der Waals surface area contributed by atoms with E-state index in [2.05, 4.69) is 53.7 Å². The third kappa shape index (κ3) is 3.12. The van der Waals surface area contributed by atoms with Gasteiger partial charge in [-0.3, -0.25) is 0 Å². The Kier molecular flexibility index (Phi) is 4.64. The van der Waals surface area contributed by atoms with Gasteiger partial charge in [-0.05, 0) is 70.0 Å². The summed E-state index contributed by atoms with van der Waals surface area (Å²) >= 11 is 0. The summed E-state index contributed by atoms with van der Waals surface area (Å²) < 4.78 is 20.8. The Hall–Kier alpha value is -1.37. The van der Waals surface area contributed by atoms with Crippen molar-refractivity contribution in [2.75, 3.05) is 6.61 Å². The molecule has 5 nitrogen and oxygen atoms in total. The van der Waals surface area contributed by atoms with Gasteiger partial charge in [0.25, 0.3) is 0 Å². The largest absolute Gasteiger partial charge is 0.495 e. The molecule has 4 rings (SSSR count). The number of benzene rings is 1. The van der Waals surface area contributed by atoms with Gasteiger partial charge in [-0.25, -0.2) is 4.68 Å². The highest BCUT2D eigenvalue weighted by molar-refractivity contribution is 6.65. The summed E-state index contributed by atoms with van der Waals surface area (Å²) in [6, 6.07) is 4.37. The summed E-state index contributed by atoms with van der Waals surface area (Å²) in [5, 5.41) is 5.81. The van der Waals surface area contributed by atoms with Gasteiger partial charge in [0.1, 0.15) is 0 Å². The second-order valence-corrected chi connectivity index (χ2v) is 9.15. The van der Waals surface area contributed by atoms with E-state index in [4.69, 9.17) is 19.1 Å². The van der Waals surface area contributed by atoms with Crippen molar-refractivity contribution in [2.45, 2.75) is 84.2 Å². The van der Waals surface area contributed by atoms with Crippen molar-refractivity contribution in [3.8, 4) is 0 Å². The molecule has 6 heteroatoms. The van der Waals surface area contributed by atoms with Crippen LogP contribution in [0.25, 0.3) is 10.9 Å². The fourth-order valence-electron chi connectivity index (χ4n) is 4.03. The van der Waals surface area contributed by atoms with Crippen molar-refractivity contribution >= 4 is 23.5 Å². The second kappa shape index (κ2) is 6.61. The molecule has 27 heavy (non-hydrogen) atoms. The molecule has 2 aliphatic heterocycles. The minimum absolute atomic E-state index is 0.0206. The molecule has 0 saturated carbocycles. The molecule has 2 saturated heterocycles. The van der Waals surface area contributed by atoms with Crippen LogP contribution < -0.4 is 5.46 Å². The Bertz CT molecular complexity index is 821. The molecular formula is C21H31BN2O3. The van der Waals surface area contributed by atoms with Gasteiger partial charge in [-0.1, -0.05) is 19.9 Å². The van der Waals surface area contributed by atoms with Crippen LogP contribution in [0.4, 0.5) is 0 Å². The summed E-state index contributed by atoms with van der Waals surface area (Å²) in [6.45, 7) is 13.6. The Balaban J connectivity index is 1.83. The molecule has 2 fully saturated rings. The average molecular weight is 370 g/mol. The molecule has 0 N–H and O–H groups in total. The monoisotopic (exact) mass is 370 g/mol. The number of hydrogen-bond acceptors (Lipinski definition) is 4. The first-order valence-corrected chi connectivity index (χ1v) is 10.2. The summed E-state index contributed by atoms with van der Waals surface area (Å²) in [4.78, 5) is 0. The van der Waals surface area contributed by atoms with Gasteiger partial charge in [0, 0.05) is 12.0 Å². The van der Waals surface area contributed by atoms with Crippen LogP contribution in [0, 0.1) is 0 Å². The van der Waals surface area contributed by atoms with Crippen LogP contribution in [0.15, 0.2) is 18.3 Å². The van der Waals surface area contributed by atoms with E-state index in [0.29, 0.717) is 5.92 Å². The molecule has 1 atom stereocenters. The normalized spacial score (nSPS) is 24.9. The molecule has 1 aromatic heterocycles. The van der Waals surface area contributed by atoms with Crippen LogP contribution in [0.5, 0.6) is 0 Å². The van der Waals surface area contributed by atoms with Gasteiger partial charge in [-0.2, -0.15) is 5.10 Å². The molecule has 0 spiro atoms. The third-order valence-corrected chi connectivity index (χ3v) is 6.40. The van der Waals surface area contributed by atoms with Crippen molar-refractivity contribution in [1.82, 2.24) is 9.78 Å². The molecular weight excluding hydrogens is 339 g/mol. The number of ether oxygens (including phenoxy) is 1. The standard InChI is InChI=1S/C21H31BN2O3/c1-14(2)15-10-11-17-16(13-23-24(17)18-9-7-8-12-25-18)19(15)22-26-20(3,4)21(5,6)27-22/h10-11,13-14,18H,7-9,12H2,1-6H3. The predicted octanol–water partition coefficient (Wildman–Crippen LogP) is 4.16. The van der Waals surface area contributed by atoms with Crippen molar-refractivity contribution in [3.05, 3.63) is 23.9 Å². The van der Waals surface area contributed by atoms with Crippen molar-refractivity contribution in [1.29, 1.82) is 0 Å². The maximum Gasteiger partial charge on any atom is 0.495 e. The highest BCUT2D eigenvalue weighted by atomic mass is 16.7. The Morgan fingerprint density at radius 3 is 2.41 bits per heavy atom. The van der Waals surface area contributed by atoms with E-state index < -0.39 is 0 Å². The van der Waals surface area contributed by atoms with Crippen LogP contribution in [0.3, 0.4) is 0 Å². The molecule has 0 bridgehead atoms. The molecule has 3 heterocycles. The van der Waals surface area contributed by atoms with Crippen LogP contribution >= 0.6 is 0 Å². The molecule has 1 aromatic carbocycles. The molecule has 0 radical (unpaired) electrons. The first kappa shape index (κ1) is 19.0. The quantitative estimate of drug-likeness (QED) is 0.762. The van der Waals surface area contributed by atoms with Crippen LogP contribution in [0.2, 0.25) is 0 Å². The minimum Gasteiger partial charge on any atom is -0.399 e. The molecule has 0 aliphatic carbocycles. The molecule has 146 valence electrons. The number of fused-ring (bicyclic) bond motifs is 1. The molecule has 0 amide bonds. The lowest BCUT2D eigenvalue weighted by molar-refractivity contribution is -0.0366. The van der Waals surface area contributed by atoms with Crippen molar-refractivity contribution in [3.63, 3.8) is 0 Å². The van der Waals surface area contributed by atoms with E-state index in [1.165, 1.54) is 12.0 Å². The van der Waals surface area contributed by atoms with E-state index in [9.17, 15) is 0 Å². The average Bonchev–Trinajstić information content (AvgIpc) is 3.12. The topological polar surface area (TPSA) is 45.5 Å². The Morgan fingerprint density at radius 1 is 1.11 bits per heavy atom. The zero-order chi connectivity index (χ0) is 19.4. The number of nitrogens with zero attached hydrogens (tertiary/aromatic N) is 2. The lowest BCUT2D eigenvalue weighted by Crippen LogP contribution is -2.41. The van der Waals surface area contributed by atoms with Gasteiger partial charge in [-0.15, -0.1) is 0 Å². The fourth-order valence-corrected chi connectivity index (χ4v) is 4.03. The summed E-state index contributed by atoms with van der Waals surface area (Å²) in [6.07, 6.45) is 5.30. The van der Waals surface area contributed by atoms with Gasteiger partial charge in [0.15, 0.2) is 6.23 Å². The summed E-state index contributed by atoms with van der Waals surface area (Å²) in [5.74, 6) is 0.373. The number of aromatic nitrogens is 2. The van der Waals surface area contributed by atoms with Gasteiger partial charge >= 0.3 is 7.12 Å². The summed E-state index contributed by atoms with van der Waals surface area (Å²) in [7, 11) is -0.388. The van der Waals surface area contributed by atoms with Crippen LogP contribution in [-0.2, 0) is 14.0 Å². The maximum atomic E-state index is 6.41. The van der Waals surface area contributed by atoms with Crippen LogP contribution in [0.1, 0.15) is 78.5 Å². The van der Waals surface area contributed by atoms with Gasteiger partial charge < -0.3 is 14.0 Å². The predicted molar refractivity (Wildman–Crippen MR) is 108 cm³/mol. The van der Waals surface area contributed by atoms with E-state index in [0.717, 1.165) is 35.8 Å². The zero-order valence-electron chi connectivity index (χ0n) is 17.4. The minimum atomic E-state index is -0.388. The van der Waals surface area contributed by atoms with Gasteiger partial charge in [0.05, 0.1) is 22.9 Å². The summed E-state index contributed by atoms with van der Waals surface area (Å²) in [5.41, 5.74) is 2.73. The maximum absolute atomic E-state index is 6.41. The molecule has 1 unspecified atom stereocenters. The first-order chi connectivity index (χ1) is 12.7. The van der Waals surface area contributed by atoms with Gasteiger partial charge in [0.2, 0.25) is 0 Å². The fraction of sp³-hybridized carbons (Fsp3) is 0.667. The van der Waals surface area contributed by atoms with Crippen LogP contribution in [-0.4, -0.2) is 34.7 Å². The first-order valence-electron chi connectivity index (χ1n) is 10.2. The van der Waals surface area contributed by atoms with E-state index in [1.807, 2.05) is 10.9 Å². The lowest BCUT2D eigenvalue weighted by atomic mass is 9.71. The van der Waals surface area contributed by atoms with E-state index in [1.54, 1.807) is 0 Å². The van der Waals surface area contributed by atoms with Crippen molar-refractivity contribution in [2.24, 2.45) is 0 Å². The number of rotatable bonds is 3. The lowest BCUT2D eigenvalue weighted by Gasteiger charge is -2.32. The Morgan fingerprint density at radius 2 is 1.81 bits per heavy atom. The highest BCUT2D eigenvalue weighted by Crippen LogP contribution is 2.38. The van der Waals surface area contributed by atoms with Crippen molar-refractivity contribution < 1.29 is 14.0 Å². The van der Waals surface area contributed by atoms with E-state index >= 15 is 0 Å². The SMILES string of the molecule is CC(C)c1ccc2c(cnn2C2CCCCO2)c1B1OC(C)(C)C(C)(C)O1. The zero-order valence-corrected chi connectivity index (χ0v) is 17.4.